The van der Waals surface area contributed by atoms with E-state index in [-0.39, 0.29) is 6.54 Å². The molecular formula is C13H16F2N4. The topological polar surface area (TPSA) is 56.7 Å². The number of hydrogen-bond acceptors (Lipinski definition) is 3. The van der Waals surface area contributed by atoms with Crippen LogP contribution in [0.5, 0.6) is 0 Å². The lowest BCUT2D eigenvalue weighted by Gasteiger charge is -2.12. The molecule has 0 saturated carbocycles. The minimum atomic E-state index is -0.636. The fourth-order valence-corrected chi connectivity index (χ4v) is 1.94. The normalized spacial score (nSPS) is 11.3. The van der Waals surface area contributed by atoms with Crippen molar-refractivity contribution < 1.29 is 8.78 Å². The Morgan fingerprint density at radius 1 is 1.16 bits per heavy atom. The standard InChI is InChI=1S/C13H16F2N4/c1-8(2)7-19-12(6-16)17-18-13(19)9-3-10(14)5-11(15)4-9/h3-5,8H,6-7,16H2,1-2H3. The van der Waals surface area contributed by atoms with Crippen molar-refractivity contribution in [2.45, 2.75) is 26.9 Å². The Labute approximate surface area is 110 Å². The third-order valence-electron chi connectivity index (χ3n) is 2.68. The highest BCUT2D eigenvalue weighted by molar-refractivity contribution is 5.55. The molecule has 1 aromatic heterocycles. The number of benzene rings is 1. The molecule has 19 heavy (non-hydrogen) atoms. The lowest BCUT2D eigenvalue weighted by Crippen LogP contribution is -2.13. The zero-order chi connectivity index (χ0) is 14.0. The molecular weight excluding hydrogens is 250 g/mol. The first-order valence-electron chi connectivity index (χ1n) is 6.10. The fraction of sp³-hybridized carbons (Fsp3) is 0.385. The molecule has 0 aliphatic carbocycles. The van der Waals surface area contributed by atoms with E-state index in [4.69, 9.17) is 5.73 Å². The first-order chi connectivity index (χ1) is 9.01. The maximum absolute atomic E-state index is 13.3. The largest absolute Gasteiger partial charge is 0.324 e. The van der Waals surface area contributed by atoms with E-state index in [0.717, 1.165) is 6.07 Å². The third-order valence-corrected chi connectivity index (χ3v) is 2.68. The van der Waals surface area contributed by atoms with E-state index in [9.17, 15) is 8.78 Å². The molecule has 0 spiro atoms. The van der Waals surface area contributed by atoms with Crippen LogP contribution in [0.3, 0.4) is 0 Å². The average molecular weight is 266 g/mol. The van der Waals surface area contributed by atoms with Gasteiger partial charge in [0.25, 0.3) is 0 Å². The average Bonchev–Trinajstić information content (AvgIpc) is 2.69. The maximum Gasteiger partial charge on any atom is 0.164 e. The number of rotatable bonds is 4. The summed E-state index contributed by atoms with van der Waals surface area (Å²) in [5.74, 6) is 0.117. The molecule has 0 bridgehead atoms. The lowest BCUT2D eigenvalue weighted by molar-refractivity contribution is 0.510. The van der Waals surface area contributed by atoms with Gasteiger partial charge in [-0.2, -0.15) is 0 Å². The van der Waals surface area contributed by atoms with Gasteiger partial charge >= 0.3 is 0 Å². The molecule has 0 atom stereocenters. The summed E-state index contributed by atoms with van der Waals surface area (Å²) in [7, 11) is 0. The van der Waals surface area contributed by atoms with E-state index >= 15 is 0 Å². The van der Waals surface area contributed by atoms with Crippen LogP contribution in [-0.4, -0.2) is 14.8 Å². The summed E-state index contributed by atoms with van der Waals surface area (Å²) < 4.78 is 28.4. The first kappa shape index (κ1) is 13.6. The van der Waals surface area contributed by atoms with Gasteiger partial charge in [-0.3, -0.25) is 0 Å². The van der Waals surface area contributed by atoms with E-state index in [1.807, 2.05) is 13.8 Å². The Kier molecular flexibility index (Phi) is 3.90. The molecule has 2 rings (SSSR count). The van der Waals surface area contributed by atoms with E-state index in [1.165, 1.54) is 12.1 Å². The molecule has 0 saturated heterocycles. The van der Waals surface area contributed by atoms with E-state index in [0.29, 0.717) is 29.7 Å². The monoisotopic (exact) mass is 266 g/mol. The Balaban J connectivity index is 2.51. The number of aromatic nitrogens is 3. The van der Waals surface area contributed by atoms with Crippen molar-refractivity contribution in [3.8, 4) is 11.4 Å². The molecule has 1 aromatic carbocycles. The van der Waals surface area contributed by atoms with Crippen molar-refractivity contribution in [3.63, 3.8) is 0 Å². The smallest absolute Gasteiger partial charge is 0.164 e. The van der Waals surface area contributed by atoms with Crippen LogP contribution < -0.4 is 5.73 Å². The fourth-order valence-electron chi connectivity index (χ4n) is 1.94. The van der Waals surface area contributed by atoms with Crippen LogP contribution in [0.15, 0.2) is 18.2 Å². The molecule has 6 heteroatoms. The SMILES string of the molecule is CC(C)Cn1c(CN)nnc1-c1cc(F)cc(F)c1. The lowest BCUT2D eigenvalue weighted by atomic mass is 10.1. The summed E-state index contributed by atoms with van der Waals surface area (Å²) >= 11 is 0. The van der Waals surface area contributed by atoms with Gasteiger partial charge in [-0.25, -0.2) is 8.78 Å². The summed E-state index contributed by atoms with van der Waals surface area (Å²) in [4.78, 5) is 0. The summed E-state index contributed by atoms with van der Waals surface area (Å²) in [6, 6.07) is 3.31. The Hall–Kier alpha value is -1.82. The van der Waals surface area contributed by atoms with Gasteiger partial charge in [-0.1, -0.05) is 13.8 Å². The minimum Gasteiger partial charge on any atom is -0.324 e. The Morgan fingerprint density at radius 2 is 1.79 bits per heavy atom. The van der Waals surface area contributed by atoms with Gasteiger partial charge in [0.2, 0.25) is 0 Å². The molecule has 1 heterocycles. The van der Waals surface area contributed by atoms with Crippen molar-refractivity contribution in [2.24, 2.45) is 11.7 Å². The van der Waals surface area contributed by atoms with Crippen LogP contribution in [0.1, 0.15) is 19.7 Å². The molecule has 0 fully saturated rings. The van der Waals surface area contributed by atoms with Crippen molar-refractivity contribution >= 4 is 0 Å². The highest BCUT2D eigenvalue weighted by Gasteiger charge is 2.15. The van der Waals surface area contributed by atoms with Gasteiger partial charge in [0.1, 0.15) is 17.5 Å². The van der Waals surface area contributed by atoms with Gasteiger partial charge in [-0.05, 0) is 18.1 Å². The van der Waals surface area contributed by atoms with Crippen LogP contribution in [0.25, 0.3) is 11.4 Å². The van der Waals surface area contributed by atoms with Crippen molar-refractivity contribution in [1.82, 2.24) is 14.8 Å². The van der Waals surface area contributed by atoms with Crippen molar-refractivity contribution in [3.05, 3.63) is 35.7 Å². The molecule has 0 unspecified atom stereocenters. The second-order valence-corrected chi connectivity index (χ2v) is 4.81. The highest BCUT2D eigenvalue weighted by atomic mass is 19.1. The number of nitrogens with two attached hydrogens (primary N) is 1. The van der Waals surface area contributed by atoms with E-state index < -0.39 is 11.6 Å². The van der Waals surface area contributed by atoms with Gasteiger partial charge in [-0.15, -0.1) is 10.2 Å². The van der Waals surface area contributed by atoms with Crippen LogP contribution >= 0.6 is 0 Å². The van der Waals surface area contributed by atoms with Gasteiger partial charge in [0.05, 0.1) is 6.54 Å². The maximum atomic E-state index is 13.3. The second kappa shape index (κ2) is 5.44. The van der Waals surface area contributed by atoms with Crippen molar-refractivity contribution in [1.29, 1.82) is 0 Å². The molecule has 102 valence electrons. The zero-order valence-electron chi connectivity index (χ0n) is 10.9. The van der Waals surface area contributed by atoms with E-state index in [2.05, 4.69) is 10.2 Å². The number of halogens is 2. The molecule has 0 amide bonds. The zero-order valence-corrected chi connectivity index (χ0v) is 10.9. The molecule has 0 radical (unpaired) electrons. The molecule has 4 nitrogen and oxygen atoms in total. The summed E-state index contributed by atoms with van der Waals surface area (Å²) in [6.45, 7) is 4.96. The third kappa shape index (κ3) is 2.96. The van der Waals surface area contributed by atoms with Crippen LogP contribution in [0.2, 0.25) is 0 Å². The van der Waals surface area contributed by atoms with Gasteiger partial charge < -0.3 is 10.3 Å². The summed E-state index contributed by atoms with van der Waals surface area (Å²) in [5.41, 5.74) is 5.97. The Morgan fingerprint density at radius 3 is 2.32 bits per heavy atom. The van der Waals surface area contributed by atoms with Crippen LogP contribution in [0, 0.1) is 17.6 Å². The quantitative estimate of drug-likeness (QED) is 0.924. The minimum absolute atomic E-state index is 0.234. The predicted molar refractivity (Wildman–Crippen MR) is 68.1 cm³/mol. The van der Waals surface area contributed by atoms with Crippen LogP contribution in [-0.2, 0) is 13.1 Å². The second-order valence-electron chi connectivity index (χ2n) is 4.81. The first-order valence-corrected chi connectivity index (χ1v) is 6.10. The molecule has 0 aliphatic heterocycles. The van der Waals surface area contributed by atoms with Gasteiger partial charge in [0, 0.05) is 18.2 Å². The van der Waals surface area contributed by atoms with Crippen molar-refractivity contribution in [2.75, 3.05) is 0 Å². The Bertz CT molecular complexity index is 558. The number of hydrogen-bond donors (Lipinski definition) is 1. The molecule has 2 aromatic rings. The van der Waals surface area contributed by atoms with Crippen LogP contribution in [0.4, 0.5) is 8.78 Å². The predicted octanol–water partition coefficient (Wildman–Crippen LogP) is 2.34. The highest BCUT2D eigenvalue weighted by Crippen LogP contribution is 2.22. The van der Waals surface area contributed by atoms with E-state index in [1.54, 1.807) is 4.57 Å². The summed E-state index contributed by atoms with van der Waals surface area (Å²) in [6.07, 6.45) is 0. The number of nitrogens with zero attached hydrogens (tertiary/aromatic N) is 3. The summed E-state index contributed by atoms with van der Waals surface area (Å²) in [5, 5.41) is 7.96. The molecule has 0 aliphatic rings. The molecule has 2 N–H and O–H groups in total. The van der Waals surface area contributed by atoms with Gasteiger partial charge in [0.15, 0.2) is 5.82 Å².